The van der Waals surface area contributed by atoms with Crippen LogP contribution in [0.15, 0.2) is 58.9 Å². The number of anilines is 1. The monoisotopic (exact) mass is 538 g/mol. The lowest BCUT2D eigenvalue weighted by molar-refractivity contribution is 0.311. The summed E-state index contributed by atoms with van der Waals surface area (Å²) in [6.45, 7) is 5.82. The minimum atomic E-state index is 0. The number of aliphatic imine (C=N–C) groups is 1. The fourth-order valence-electron chi connectivity index (χ4n) is 2.72. The Morgan fingerprint density at radius 3 is 2.60 bits per heavy atom. The third kappa shape index (κ3) is 6.60. The molecule has 0 saturated carbocycles. The molecule has 0 spiro atoms. The Labute approximate surface area is 198 Å². The highest BCUT2D eigenvalue weighted by Gasteiger charge is 2.08. The van der Waals surface area contributed by atoms with Crippen molar-refractivity contribution in [1.82, 2.24) is 10.3 Å². The zero-order valence-corrected chi connectivity index (χ0v) is 20.5. The number of methoxy groups -OCH3 is 1. The number of hydrogen-bond donors (Lipinski definition) is 2. The Bertz CT molecular complexity index is 947. The highest BCUT2D eigenvalue weighted by molar-refractivity contribution is 14.0. The molecule has 0 aliphatic heterocycles. The second-order valence-electron chi connectivity index (χ2n) is 6.13. The number of guanidine groups is 1. The Balaban J connectivity index is 0.00000320. The molecule has 0 saturated heterocycles. The molecular formula is C22H27IN4O2S. The van der Waals surface area contributed by atoms with Gasteiger partial charge >= 0.3 is 0 Å². The van der Waals surface area contributed by atoms with Gasteiger partial charge in [0.25, 0.3) is 0 Å². The van der Waals surface area contributed by atoms with Crippen LogP contribution in [0.5, 0.6) is 11.5 Å². The van der Waals surface area contributed by atoms with Crippen molar-refractivity contribution in [1.29, 1.82) is 0 Å². The van der Waals surface area contributed by atoms with Gasteiger partial charge in [0.05, 0.1) is 26.0 Å². The number of ether oxygens (including phenoxy) is 2. The summed E-state index contributed by atoms with van der Waals surface area (Å²) in [6, 6.07) is 15.9. The van der Waals surface area contributed by atoms with Crippen LogP contribution in [0.1, 0.15) is 19.5 Å². The lowest BCUT2D eigenvalue weighted by Gasteiger charge is -2.14. The number of nitrogens with zero attached hydrogens (tertiary/aromatic N) is 2. The fourth-order valence-corrected chi connectivity index (χ4v) is 3.53. The van der Waals surface area contributed by atoms with E-state index in [4.69, 9.17) is 14.5 Å². The average molecular weight is 538 g/mol. The van der Waals surface area contributed by atoms with Gasteiger partial charge < -0.3 is 20.1 Å². The highest BCUT2D eigenvalue weighted by atomic mass is 127. The number of aromatic nitrogens is 1. The van der Waals surface area contributed by atoms with Crippen LogP contribution in [-0.4, -0.2) is 31.2 Å². The van der Waals surface area contributed by atoms with Crippen molar-refractivity contribution in [3.63, 3.8) is 0 Å². The van der Waals surface area contributed by atoms with Crippen molar-refractivity contribution in [3.8, 4) is 22.1 Å². The zero-order chi connectivity index (χ0) is 20.5. The van der Waals surface area contributed by atoms with Crippen LogP contribution >= 0.6 is 35.3 Å². The fraction of sp³-hybridized carbons (Fsp3) is 0.273. The maximum atomic E-state index is 5.57. The normalized spacial score (nSPS) is 10.8. The van der Waals surface area contributed by atoms with Gasteiger partial charge in [0, 0.05) is 29.2 Å². The second kappa shape index (κ2) is 12.4. The number of nitrogens with one attached hydrogen (secondary N) is 2. The van der Waals surface area contributed by atoms with E-state index in [-0.39, 0.29) is 24.0 Å². The molecule has 2 aromatic carbocycles. The van der Waals surface area contributed by atoms with Crippen LogP contribution in [0.25, 0.3) is 10.6 Å². The van der Waals surface area contributed by atoms with E-state index >= 15 is 0 Å². The molecule has 2 N–H and O–H groups in total. The number of rotatable bonds is 8. The van der Waals surface area contributed by atoms with Crippen molar-refractivity contribution < 1.29 is 9.47 Å². The lowest BCUT2D eigenvalue weighted by Crippen LogP contribution is -2.30. The van der Waals surface area contributed by atoms with E-state index in [1.807, 2.05) is 50.2 Å². The molecule has 3 aromatic rings. The van der Waals surface area contributed by atoms with E-state index in [0.29, 0.717) is 24.9 Å². The SMILES string of the molecule is CCNC(=NCc1csc(-c2ccccc2)n1)Nc1ccc(OCC)c(OC)c1.I. The molecule has 6 nitrogen and oxygen atoms in total. The van der Waals surface area contributed by atoms with Gasteiger partial charge in [0.15, 0.2) is 17.5 Å². The largest absolute Gasteiger partial charge is 0.493 e. The molecule has 0 bridgehead atoms. The molecule has 30 heavy (non-hydrogen) atoms. The summed E-state index contributed by atoms with van der Waals surface area (Å²) < 4.78 is 11.0. The van der Waals surface area contributed by atoms with Gasteiger partial charge in [-0.3, -0.25) is 0 Å². The number of halogens is 1. The van der Waals surface area contributed by atoms with Crippen molar-refractivity contribution in [2.45, 2.75) is 20.4 Å². The van der Waals surface area contributed by atoms with Gasteiger partial charge in [-0.05, 0) is 26.0 Å². The first kappa shape index (κ1) is 23.9. The molecule has 0 aliphatic carbocycles. The maximum absolute atomic E-state index is 5.57. The minimum Gasteiger partial charge on any atom is -0.493 e. The van der Waals surface area contributed by atoms with Gasteiger partial charge in [-0.25, -0.2) is 9.98 Å². The number of hydrogen-bond acceptors (Lipinski definition) is 5. The Hall–Kier alpha value is -2.33. The minimum absolute atomic E-state index is 0. The summed E-state index contributed by atoms with van der Waals surface area (Å²) in [4.78, 5) is 9.37. The molecule has 1 heterocycles. The molecule has 160 valence electrons. The Kier molecular flexibility index (Phi) is 9.88. The average Bonchev–Trinajstić information content (AvgIpc) is 3.23. The molecule has 0 aliphatic rings. The van der Waals surface area contributed by atoms with Crippen LogP contribution in [0, 0.1) is 0 Å². The van der Waals surface area contributed by atoms with Crippen molar-refractivity contribution in [2.75, 3.05) is 25.6 Å². The second-order valence-corrected chi connectivity index (χ2v) is 6.99. The van der Waals surface area contributed by atoms with E-state index in [2.05, 4.69) is 33.1 Å². The zero-order valence-electron chi connectivity index (χ0n) is 17.3. The van der Waals surface area contributed by atoms with Gasteiger partial charge in [-0.2, -0.15) is 0 Å². The van der Waals surface area contributed by atoms with Crippen molar-refractivity contribution in [3.05, 3.63) is 59.6 Å². The molecule has 3 rings (SSSR count). The standard InChI is InChI=1S/C22H26N4O2S.HI/c1-4-23-22(26-17-11-12-19(28-5-2)20(13-17)27-3)24-14-18-15-29-21(25-18)16-9-7-6-8-10-16;/h6-13,15H,4-5,14H2,1-3H3,(H2,23,24,26);1H. The molecular weight excluding hydrogens is 511 g/mol. The summed E-state index contributed by atoms with van der Waals surface area (Å²) in [5, 5.41) is 9.63. The van der Waals surface area contributed by atoms with Gasteiger partial charge in [-0.1, -0.05) is 30.3 Å². The summed E-state index contributed by atoms with van der Waals surface area (Å²) in [7, 11) is 1.63. The van der Waals surface area contributed by atoms with Crippen molar-refractivity contribution >= 4 is 47.0 Å². The third-order valence-electron chi connectivity index (χ3n) is 4.04. The van der Waals surface area contributed by atoms with E-state index in [9.17, 15) is 0 Å². The number of thiazole rings is 1. The number of benzene rings is 2. The van der Waals surface area contributed by atoms with E-state index in [0.717, 1.165) is 34.2 Å². The predicted molar refractivity (Wildman–Crippen MR) is 136 cm³/mol. The van der Waals surface area contributed by atoms with Crippen LogP contribution in [0.4, 0.5) is 5.69 Å². The summed E-state index contributed by atoms with van der Waals surface area (Å²) >= 11 is 1.63. The first-order valence-electron chi connectivity index (χ1n) is 9.59. The van der Waals surface area contributed by atoms with Crippen LogP contribution in [0.3, 0.4) is 0 Å². The molecule has 1 aromatic heterocycles. The Morgan fingerprint density at radius 1 is 1.10 bits per heavy atom. The molecule has 0 atom stereocenters. The summed E-state index contributed by atoms with van der Waals surface area (Å²) in [5.74, 6) is 2.09. The quantitative estimate of drug-likeness (QED) is 0.228. The van der Waals surface area contributed by atoms with Gasteiger partial charge in [0.1, 0.15) is 5.01 Å². The molecule has 0 amide bonds. The molecule has 0 radical (unpaired) electrons. The highest BCUT2D eigenvalue weighted by Crippen LogP contribution is 2.30. The van der Waals surface area contributed by atoms with E-state index < -0.39 is 0 Å². The third-order valence-corrected chi connectivity index (χ3v) is 4.98. The smallest absolute Gasteiger partial charge is 0.196 e. The maximum Gasteiger partial charge on any atom is 0.196 e. The van der Waals surface area contributed by atoms with Crippen LogP contribution in [-0.2, 0) is 6.54 Å². The summed E-state index contributed by atoms with van der Waals surface area (Å²) in [6.07, 6.45) is 0. The van der Waals surface area contributed by atoms with E-state index in [1.54, 1.807) is 18.4 Å². The van der Waals surface area contributed by atoms with Gasteiger partial charge in [0.2, 0.25) is 0 Å². The molecule has 0 unspecified atom stereocenters. The van der Waals surface area contributed by atoms with Crippen LogP contribution in [0.2, 0.25) is 0 Å². The van der Waals surface area contributed by atoms with Gasteiger partial charge in [-0.15, -0.1) is 35.3 Å². The predicted octanol–water partition coefficient (Wildman–Crippen LogP) is 5.41. The first-order valence-corrected chi connectivity index (χ1v) is 10.5. The van der Waals surface area contributed by atoms with E-state index in [1.165, 1.54) is 0 Å². The topological polar surface area (TPSA) is 67.8 Å². The molecule has 8 heteroatoms. The lowest BCUT2D eigenvalue weighted by atomic mass is 10.2. The Morgan fingerprint density at radius 2 is 1.90 bits per heavy atom. The molecule has 0 fully saturated rings. The first-order chi connectivity index (χ1) is 14.2. The van der Waals surface area contributed by atoms with Crippen LogP contribution < -0.4 is 20.1 Å². The summed E-state index contributed by atoms with van der Waals surface area (Å²) in [5.41, 5.74) is 2.93. The van der Waals surface area contributed by atoms with Crippen molar-refractivity contribution in [2.24, 2.45) is 4.99 Å².